The van der Waals surface area contributed by atoms with Crippen molar-refractivity contribution in [1.29, 1.82) is 0 Å². The van der Waals surface area contributed by atoms with Gasteiger partial charge in [-0.05, 0) is 44.2 Å². The first kappa shape index (κ1) is 21.8. The third-order valence-corrected chi connectivity index (χ3v) is 5.27. The van der Waals surface area contributed by atoms with E-state index in [1.807, 2.05) is 0 Å². The molecular weight excluding hydrogens is 395 g/mol. The maximum atomic E-state index is 13.1. The molecule has 2 aliphatic rings. The minimum absolute atomic E-state index is 0.112. The molecule has 0 aromatic carbocycles. The zero-order valence-electron chi connectivity index (χ0n) is 16.0. The van der Waals surface area contributed by atoms with Gasteiger partial charge >= 0.3 is 12.2 Å². The van der Waals surface area contributed by atoms with Crippen molar-refractivity contribution in [3.05, 3.63) is 23.9 Å². The zero-order valence-corrected chi connectivity index (χ0v) is 16.0. The molecule has 1 aromatic rings. The summed E-state index contributed by atoms with van der Waals surface area (Å²) < 4.78 is 45.4. The first-order valence-corrected chi connectivity index (χ1v) is 9.29. The Kier molecular flexibility index (Phi) is 6.32. The summed E-state index contributed by atoms with van der Waals surface area (Å²) >= 11 is 0. The molecule has 3 rings (SSSR count). The standard InChI is InChI=1S/C18H24F3N3O5/c1-10-16(29-14-6-11(9-25)5-13(26)8-14)23(17(27)24(10)28-2)15-7-12(3-4-22-15)18(19,20)21/h3-4,7,10-11,13-14,16,25-26H,5-6,8-9H2,1-2H3/t10-,11?,13?,14?,16?/m0/s1. The normalized spacial score (nSPS) is 30.9. The molecule has 0 spiro atoms. The van der Waals surface area contributed by atoms with Gasteiger partial charge in [0.25, 0.3) is 0 Å². The molecule has 5 atom stereocenters. The maximum Gasteiger partial charge on any atom is 0.416 e. The fourth-order valence-corrected chi connectivity index (χ4v) is 3.90. The summed E-state index contributed by atoms with van der Waals surface area (Å²) in [6.07, 6.45) is -4.54. The molecule has 1 saturated carbocycles. The van der Waals surface area contributed by atoms with Gasteiger partial charge in [0.15, 0.2) is 6.23 Å². The molecular formula is C18H24F3N3O5. The SMILES string of the molecule is CON1C(=O)N(c2cc(C(F)(F)F)ccn2)C(OC2CC(O)CC(CO)C2)[C@@H]1C. The topological polar surface area (TPSA) is 95.4 Å². The highest BCUT2D eigenvalue weighted by atomic mass is 19.4. The second kappa shape index (κ2) is 8.42. The summed E-state index contributed by atoms with van der Waals surface area (Å²) in [5, 5.41) is 20.5. The van der Waals surface area contributed by atoms with E-state index in [1.54, 1.807) is 6.92 Å². The van der Waals surface area contributed by atoms with Crippen LogP contribution in [0.3, 0.4) is 0 Å². The molecule has 1 aliphatic heterocycles. The number of ether oxygens (including phenoxy) is 1. The lowest BCUT2D eigenvalue weighted by Gasteiger charge is -2.35. The van der Waals surface area contributed by atoms with Crippen molar-refractivity contribution in [2.75, 3.05) is 18.6 Å². The Labute approximate surface area is 165 Å². The molecule has 29 heavy (non-hydrogen) atoms. The van der Waals surface area contributed by atoms with Crippen molar-refractivity contribution in [2.24, 2.45) is 5.92 Å². The van der Waals surface area contributed by atoms with Crippen LogP contribution in [-0.4, -0.2) is 64.5 Å². The maximum absolute atomic E-state index is 13.1. The third kappa shape index (κ3) is 4.47. The van der Waals surface area contributed by atoms with E-state index < -0.39 is 42.2 Å². The van der Waals surface area contributed by atoms with Gasteiger partial charge in [-0.2, -0.15) is 18.2 Å². The molecule has 0 bridgehead atoms. The Balaban J connectivity index is 1.90. The summed E-state index contributed by atoms with van der Waals surface area (Å²) in [5.74, 6) is -0.369. The number of rotatable bonds is 5. The van der Waals surface area contributed by atoms with Gasteiger partial charge in [0.1, 0.15) is 11.9 Å². The minimum Gasteiger partial charge on any atom is -0.396 e. The van der Waals surface area contributed by atoms with Gasteiger partial charge in [-0.1, -0.05) is 0 Å². The molecule has 2 fully saturated rings. The molecule has 162 valence electrons. The lowest BCUT2D eigenvalue weighted by Crippen LogP contribution is -2.44. The van der Waals surface area contributed by atoms with Crippen LogP contribution >= 0.6 is 0 Å². The highest BCUT2D eigenvalue weighted by Crippen LogP contribution is 2.36. The molecule has 1 aliphatic carbocycles. The van der Waals surface area contributed by atoms with Gasteiger partial charge in [-0.25, -0.2) is 14.7 Å². The van der Waals surface area contributed by atoms with E-state index in [0.29, 0.717) is 19.3 Å². The van der Waals surface area contributed by atoms with E-state index >= 15 is 0 Å². The van der Waals surface area contributed by atoms with Gasteiger partial charge in [0.05, 0.1) is 24.9 Å². The number of hydrogen-bond acceptors (Lipinski definition) is 6. The minimum atomic E-state index is -4.59. The summed E-state index contributed by atoms with van der Waals surface area (Å²) in [6, 6.07) is 0.259. The number of alkyl halides is 3. The molecule has 11 heteroatoms. The van der Waals surface area contributed by atoms with E-state index in [9.17, 15) is 28.2 Å². The summed E-state index contributed by atoms with van der Waals surface area (Å²) in [4.78, 5) is 22.8. The van der Waals surface area contributed by atoms with Crippen LogP contribution in [0.2, 0.25) is 0 Å². The van der Waals surface area contributed by atoms with Crippen LogP contribution in [0.5, 0.6) is 0 Å². The Morgan fingerprint density at radius 1 is 1.31 bits per heavy atom. The Morgan fingerprint density at radius 3 is 2.66 bits per heavy atom. The van der Waals surface area contributed by atoms with Crippen molar-refractivity contribution < 1.29 is 37.8 Å². The summed E-state index contributed by atoms with van der Waals surface area (Å²) in [7, 11) is 1.28. The van der Waals surface area contributed by atoms with E-state index in [0.717, 1.165) is 28.3 Å². The Hall–Kier alpha value is -1.95. The summed E-state index contributed by atoms with van der Waals surface area (Å²) in [6.45, 7) is 1.53. The number of aliphatic hydroxyl groups is 2. The van der Waals surface area contributed by atoms with Crippen molar-refractivity contribution in [2.45, 2.75) is 56.8 Å². The molecule has 2 amide bonds. The first-order valence-electron chi connectivity index (χ1n) is 9.29. The molecule has 1 aromatic heterocycles. The van der Waals surface area contributed by atoms with Gasteiger partial charge in [-0.3, -0.25) is 4.84 Å². The number of carbonyl (C=O) groups is 1. The smallest absolute Gasteiger partial charge is 0.396 e. The van der Waals surface area contributed by atoms with Crippen LogP contribution in [0.15, 0.2) is 18.3 Å². The molecule has 2 heterocycles. The molecule has 4 unspecified atom stereocenters. The third-order valence-electron chi connectivity index (χ3n) is 5.27. The van der Waals surface area contributed by atoms with Gasteiger partial charge in [0, 0.05) is 12.8 Å². The number of amides is 2. The number of aromatic nitrogens is 1. The second-order valence-corrected chi connectivity index (χ2v) is 7.36. The van der Waals surface area contributed by atoms with Crippen LogP contribution in [0.25, 0.3) is 0 Å². The molecule has 1 saturated heterocycles. The average molecular weight is 419 g/mol. The first-order chi connectivity index (χ1) is 13.7. The molecule has 2 N–H and O–H groups in total. The number of halogens is 3. The number of pyridine rings is 1. The monoisotopic (exact) mass is 419 g/mol. The van der Waals surface area contributed by atoms with Gasteiger partial charge in [0.2, 0.25) is 0 Å². The number of hydroxylamine groups is 2. The van der Waals surface area contributed by atoms with Crippen molar-refractivity contribution in [1.82, 2.24) is 10.0 Å². The number of nitrogens with zero attached hydrogens (tertiary/aromatic N) is 3. The Bertz CT molecular complexity index is 735. The largest absolute Gasteiger partial charge is 0.416 e. The van der Waals surface area contributed by atoms with E-state index in [4.69, 9.17) is 9.57 Å². The van der Waals surface area contributed by atoms with Crippen LogP contribution in [0.1, 0.15) is 31.7 Å². The number of hydrogen-bond donors (Lipinski definition) is 2. The summed E-state index contributed by atoms with van der Waals surface area (Å²) in [5.41, 5.74) is -0.939. The number of anilines is 1. The van der Waals surface area contributed by atoms with E-state index in [2.05, 4.69) is 4.98 Å². The van der Waals surface area contributed by atoms with Crippen LogP contribution in [-0.2, 0) is 15.8 Å². The van der Waals surface area contributed by atoms with Crippen LogP contribution in [0.4, 0.5) is 23.8 Å². The predicted molar refractivity (Wildman–Crippen MR) is 94.5 cm³/mol. The lowest BCUT2D eigenvalue weighted by molar-refractivity contribution is -0.138. The zero-order chi connectivity index (χ0) is 21.3. The van der Waals surface area contributed by atoms with Crippen LogP contribution < -0.4 is 4.90 Å². The van der Waals surface area contributed by atoms with Crippen molar-refractivity contribution >= 4 is 11.8 Å². The number of carbonyl (C=O) groups excluding carboxylic acids is 1. The lowest BCUT2D eigenvalue weighted by atomic mass is 9.86. The fourth-order valence-electron chi connectivity index (χ4n) is 3.90. The van der Waals surface area contributed by atoms with Crippen molar-refractivity contribution in [3.63, 3.8) is 0 Å². The second-order valence-electron chi connectivity index (χ2n) is 7.36. The van der Waals surface area contributed by atoms with Crippen LogP contribution in [0, 0.1) is 5.92 Å². The van der Waals surface area contributed by atoms with E-state index in [1.165, 1.54) is 7.11 Å². The molecule has 0 radical (unpaired) electrons. The Morgan fingerprint density at radius 2 is 2.03 bits per heavy atom. The molecule has 8 nitrogen and oxygen atoms in total. The average Bonchev–Trinajstić information content (AvgIpc) is 2.90. The fraction of sp³-hybridized carbons (Fsp3) is 0.667. The number of urea groups is 1. The van der Waals surface area contributed by atoms with E-state index in [-0.39, 0.29) is 18.3 Å². The predicted octanol–water partition coefficient (Wildman–Crippen LogP) is 2.16. The van der Waals surface area contributed by atoms with Gasteiger partial charge in [-0.15, -0.1) is 0 Å². The number of aliphatic hydroxyl groups excluding tert-OH is 2. The van der Waals surface area contributed by atoms with Crippen molar-refractivity contribution in [3.8, 4) is 0 Å². The quantitative estimate of drug-likeness (QED) is 0.760. The van der Waals surface area contributed by atoms with Gasteiger partial charge < -0.3 is 14.9 Å². The highest BCUT2D eigenvalue weighted by molar-refractivity contribution is 5.93. The highest BCUT2D eigenvalue weighted by Gasteiger charge is 2.48.